The molecule has 7 nitrogen and oxygen atoms in total. The SMILES string of the molecule is CC1(C)Cc2cccc(OCC(=O)N3CCCN(S(=O)(=O)c4ccc(F)cc4)CC3)c2O1. The van der Waals surface area contributed by atoms with Crippen molar-refractivity contribution in [1.82, 2.24) is 9.21 Å². The van der Waals surface area contributed by atoms with Gasteiger partial charge in [-0.1, -0.05) is 12.1 Å². The van der Waals surface area contributed by atoms with E-state index in [9.17, 15) is 17.6 Å². The van der Waals surface area contributed by atoms with Gasteiger partial charge in [0.05, 0.1) is 4.90 Å². The molecule has 2 aromatic rings. The van der Waals surface area contributed by atoms with E-state index in [-0.39, 0.29) is 36.1 Å². The number of hydrogen-bond acceptors (Lipinski definition) is 5. The van der Waals surface area contributed by atoms with Gasteiger partial charge in [0, 0.05) is 38.2 Å². The summed E-state index contributed by atoms with van der Waals surface area (Å²) >= 11 is 0. The zero-order chi connectivity index (χ0) is 22.9. The van der Waals surface area contributed by atoms with Gasteiger partial charge in [-0.25, -0.2) is 12.8 Å². The molecule has 9 heteroatoms. The Hall–Kier alpha value is -2.65. The third-order valence-corrected chi connectivity index (χ3v) is 7.58. The van der Waals surface area contributed by atoms with Crippen LogP contribution in [-0.2, 0) is 21.2 Å². The summed E-state index contributed by atoms with van der Waals surface area (Å²) < 4.78 is 52.0. The average Bonchev–Trinajstić information content (AvgIpc) is 2.90. The minimum absolute atomic E-state index is 0.0443. The fourth-order valence-corrected chi connectivity index (χ4v) is 5.54. The van der Waals surface area contributed by atoms with Gasteiger partial charge >= 0.3 is 0 Å². The number of amides is 1. The Balaban J connectivity index is 1.37. The minimum Gasteiger partial charge on any atom is -0.483 e. The lowest BCUT2D eigenvalue weighted by atomic mass is 10.0. The van der Waals surface area contributed by atoms with E-state index in [1.165, 1.54) is 16.4 Å². The average molecular weight is 463 g/mol. The predicted molar refractivity (Wildman–Crippen MR) is 117 cm³/mol. The molecule has 0 spiro atoms. The second kappa shape index (κ2) is 8.71. The van der Waals surface area contributed by atoms with E-state index in [0.29, 0.717) is 31.0 Å². The van der Waals surface area contributed by atoms with Gasteiger partial charge in [-0.2, -0.15) is 4.31 Å². The number of para-hydroxylation sites is 1. The smallest absolute Gasteiger partial charge is 0.260 e. The molecule has 0 aliphatic carbocycles. The van der Waals surface area contributed by atoms with Gasteiger partial charge in [0.2, 0.25) is 10.0 Å². The molecule has 0 atom stereocenters. The third-order valence-electron chi connectivity index (χ3n) is 5.67. The molecular weight excluding hydrogens is 435 g/mol. The second-order valence-electron chi connectivity index (χ2n) is 8.66. The van der Waals surface area contributed by atoms with Crippen LogP contribution in [0.15, 0.2) is 47.4 Å². The number of carbonyl (C=O) groups is 1. The summed E-state index contributed by atoms with van der Waals surface area (Å²) in [6, 6.07) is 10.4. The van der Waals surface area contributed by atoms with Crippen LogP contribution < -0.4 is 9.47 Å². The molecule has 1 amide bonds. The number of ether oxygens (including phenoxy) is 2. The number of carbonyl (C=O) groups excluding carboxylic acids is 1. The van der Waals surface area contributed by atoms with Gasteiger partial charge < -0.3 is 14.4 Å². The van der Waals surface area contributed by atoms with E-state index < -0.39 is 15.8 Å². The molecule has 0 bridgehead atoms. The van der Waals surface area contributed by atoms with Crippen LogP contribution in [0.4, 0.5) is 4.39 Å². The minimum atomic E-state index is -3.74. The van der Waals surface area contributed by atoms with E-state index in [2.05, 4.69) is 0 Å². The van der Waals surface area contributed by atoms with Crippen LogP contribution in [-0.4, -0.2) is 61.9 Å². The van der Waals surface area contributed by atoms with E-state index in [1.807, 2.05) is 26.0 Å². The first-order valence-electron chi connectivity index (χ1n) is 10.6. The Morgan fingerprint density at radius 1 is 1.09 bits per heavy atom. The van der Waals surface area contributed by atoms with E-state index in [4.69, 9.17) is 9.47 Å². The third kappa shape index (κ3) is 4.73. The predicted octanol–water partition coefficient (Wildman–Crippen LogP) is 2.84. The summed E-state index contributed by atoms with van der Waals surface area (Å²) in [6.07, 6.45) is 1.28. The fourth-order valence-electron chi connectivity index (χ4n) is 4.07. The Labute approximate surface area is 187 Å². The highest BCUT2D eigenvalue weighted by Gasteiger charge is 2.33. The number of rotatable bonds is 5. The lowest BCUT2D eigenvalue weighted by Crippen LogP contribution is -2.39. The topological polar surface area (TPSA) is 76.2 Å². The molecule has 1 saturated heterocycles. The normalized spacial score (nSPS) is 18.5. The molecule has 172 valence electrons. The van der Waals surface area contributed by atoms with Gasteiger partial charge in [-0.15, -0.1) is 0 Å². The molecule has 0 unspecified atom stereocenters. The molecule has 0 saturated carbocycles. The van der Waals surface area contributed by atoms with Crippen molar-refractivity contribution in [3.63, 3.8) is 0 Å². The summed E-state index contributed by atoms with van der Waals surface area (Å²) in [5.41, 5.74) is 0.743. The second-order valence-corrected chi connectivity index (χ2v) is 10.6. The standard InChI is InChI=1S/C23H27FN2O5S/c1-23(2)15-17-5-3-6-20(22(17)31-23)30-16-21(27)25-11-4-12-26(14-13-25)32(28,29)19-9-7-18(24)8-10-19/h3,5-10H,4,11-16H2,1-2H3. The number of fused-ring (bicyclic) bond motifs is 1. The van der Waals surface area contributed by atoms with Crippen LogP contribution in [0.3, 0.4) is 0 Å². The lowest BCUT2D eigenvalue weighted by molar-refractivity contribution is -0.133. The summed E-state index contributed by atoms with van der Waals surface area (Å²) in [7, 11) is -3.74. The van der Waals surface area contributed by atoms with Crippen LogP contribution in [0.1, 0.15) is 25.8 Å². The zero-order valence-corrected chi connectivity index (χ0v) is 19.0. The van der Waals surface area contributed by atoms with E-state index >= 15 is 0 Å². The Morgan fingerprint density at radius 3 is 2.59 bits per heavy atom. The van der Waals surface area contributed by atoms with Gasteiger partial charge in [-0.05, 0) is 50.6 Å². The molecule has 2 aliphatic heterocycles. The van der Waals surface area contributed by atoms with Gasteiger partial charge in [0.25, 0.3) is 5.91 Å². The quantitative estimate of drug-likeness (QED) is 0.683. The first kappa shape index (κ1) is 22.5. The van der Waals surface area contributed by atoms with Crippen LogP contribution >= 0.6 is 0 Å². The Bertz CT molecular complexity index is 1100. The van der Waals surface area contributed by atoms with Crippen molar-refractivity contribution < 1.29 is 27.1 Å². The van der Waals surface area contributed by atoms with Crippen molar-refractivity contribution in [2.24, 2.45) is 0 Å². The number of hydrogen-bond donors (Lipinski definition) is 0. The van der Waals surface area contributed by atoms with Crippen molar-refractivity contribution in [2.45, 2.75) is 37.2 Å². The van der Waals surface area contributed by atoms with Crippen LogP contribution in [0.2, 0.25) is 0 Å². The molecular formula is C23H27FN2O5S. The fraction of sp³-hybridized carbons (Fsp3) is 0.435. The van der Waals surface area contributed by atoms with Crippen molar-refractivity contribution in [2.75, 3.05) is 32.8 Å². The molecule has 32 heavy (non-hydrogen) atoms. The van der Waals surface area contributed by atoms with Crippen LogP contribution in [0, 0.1) is 5.82 Å². The molecule has 2 aliphatic rings. The van der Waals surface area contributed by atoms with Crippen molar-refractivity contribution in [3.05, 3.63) is 53.8 Å². The highest BCUT2D eigenvalue weighted by molar-refractivity contribution is 7.89. The maximum Gasteiger partial charge on any atom is 0.260 e. The summed E-state index contributed by atoms with van der Waals surface area (Å²) in [6.45, 7) is 5.02. The van der Waals surface area contributed by atoms with Crippen molar-refractivity contribution >= 4 is 15.9 Å². The van der Waals surface area contributed by atoms with E-state index in [0.717, 1.165) is 24.1 Å². The first-order chi connectivity index (χ1) is 15.2. The van der Waals surface area contributed by atoms with Gasteiger partial charge in [-0.3, -0.25) is 4.79 Å². The summed E-state index contributed by atoms with van der Waals surface area (Å²) in [5, 5.41) is 0. The number of halogens is 1. The van der Waals surface area contributed by atoms with Gasteiger partial charge in [0.15, 0.2) is 18.1 Å². The highest BCUT2D eigenvalue weighted by Crippen LogP contribution is 2.41. The van der Waals surface area contributed by atoms with Crippen molar-refractivity contribution in [1.29, 1.82) is 0 Å². The summed E-state index contributed by atoms with van der Waals surface area (Å²) in [5.74, 6) is 0.519. The Morgan fingerprint density at radius 2 is 1.84 bits per heavy atom. The molecule has 4 rings (SSSR count). The van der Waals surface area contributed by atoms with Crippen LogP contribution in [0.5, 0.6) is 11.5 Å². The number of benzene rings is 2. The highest BCUT2D eigenvalue weighted by atomic mass is 32.2. The molecule has 0 radical (unpaired) electrons. The lowest BCUT2D eigenvalue weighted by Gasteiger charge is -2.22. The molecule has 0 N–H and O–H groups in total. The molecule has 1 fully saturated rings. The maximum atomic E-state index is 13.2. The first-order valence-corrected chi connectivity index (χ1v) is 12.1. The molecule has 2 aromatic carbocycles. The molecule has 2 heterocycles. The monoisotopic (exact) mass is 462 g/mol. The van der Waals surface area contributed by atoms with Gasteiger partial charge in [0.1, 0.15) is 11.4 Å². The van der Waals surface area contributed by atoms with E-state index in [1.54, 1.807) is 11.0 Å². The number of nitrogens with zero attached hydrogens (tertiary/aromatic N) is 2. The largest absolute Gasteiger partial charge is 0.483 e. The zero-order valence-electron chi connectivity index (χ0n) is 18.2. The molecule has 0 aromatic heterocycles. The maximum absolute atomic E-state index is 13.2. The number of sulfonamides is 1. The van der Waals surface area contributed by atoms with Crippen LogP contribution in [0.25, 0.3) is 0 Å². The Kier molecular flexibility index (Phi) is 6.13. The van der Waals surface area contributed by atoms with Crippen molar-refractivity contribution in [3.8, 4) is 11.5 Å². The summed E-state index contributed by atoms with van der Waals surface area (Å²) in [4.78, 5) is 14.4.